The minimum Gasteiger partial charge on any atom is -0.259 e. The molecule has 0 saturated heterocycles. The summed E-state index contributed by atoms with van der Waals surface area (Å²) >= 11 is 0. The largest absolute Gasteiger partial charge is 0.811 e. The molecule has 86 valence electrons. The number of hydrogen-bond donors (Lipinski definition) is 2. The van der Waals surface area contributed by atoms with Crippen molar-refractivity contribution in [3.05, 3.63) is 49.1 Å². The highest BCUT2D eigenvalue weighted by molar-refractivity contribution is 6.43. The first kappa shape index (κ1) is 11.2. The van der Waals surface area contributed by atoms with Crippen molar-refractivity contribution in [1.82, 2.24) is 20.1 Å². The van der Waals surface area contributed by atoms with Gasteiger partial charge in [-0.2, -0.15) is 19.9 Å². The first-order valence-electron chi connectivity index (χ1n) is 5.35. The molecule has 0 bridgehead atoms. The van der Waals surface area contributed by atoms with Gasteiger partial charge in [0.05, 0.1) is 6.20 Å². The molecule has 2 heterocycles. The summed E-state index contributed by atoms with van der Waals surface area (Å²) in [7, 11) is -0.207. The molecule has 0 fully saturated rings. The first-order valence-corrected chi connectivity index (χ1v) is 5.35. The van der Waals surface area contributed by atoms with E-state index in [0.717, 1.165) is 0 Å². The summed E-state index contributed by atoms with van der Waals surface area (Å²) in [6.45, 7) is 1.94. The quantitative estimate of drug-likeness (QED) is 0.431. The number of nitrogens with zero attached hydrogens (tertiary/aromatic N) is 4. The number of hydrogen-bond acceptors (Lipinski definition) is 3. The number of aromatic nitrogens is 4. The van der Waals surface area contributed by atoms with Gasteiger partial charge in [-0.1, -0.05) is 6.08 Å². The van der Waals surface area contributed by atoms with Gasteiger partial charge in [-0.05, 0) is 19.1 Å². The van der Waals surface area contributed by atoms with Crippen LogP contribution >= 0.6 is 0 Å². The predicted molar refractivity (Wildman–Crippen MR) is 66.2 cm³/mol. The van der Waals surface area contributed by atoms with E-state index < -0.39 is 0 Å². The highest BCUT2D eigenvalue weighted by Crippen LogP contribution is 1.84. The summed E-state index contributed by atoms with van der Waals surface area (Å²) in [5.41, 5.74) is 0. The molecule has 0 aromatic carbocycles. The fourth-order valence-electron chi connectivity index (χ4n) is 1.37. The second-order valence-electron chi connectivity index (χ2n) is 3.34. The van der Waals surface area contributed by atoms with Crippen LogP contribution < -0.4 is 9.93 Å². The van der Waals surface area contributed by atoms with Gasteiger partial charge in [-0.3, -0.25) is 5.34 Å². The van der Waals surface area contributed by atoms with Crippen LogP contribution in [0.3, 0.4) is 0 Å². The van der Waals surface area contributed by atoms with Gasteiger partial charge in [0, 0.05) is 24.7 Å². The number of nitrogens with one attached hydrogen (secondary N) is 2. The SMILES string of the molecule is C/C=C\C=N/NB(n1cccn1)[n+]1ccc[nH]1. The lowest BCUT2D eigenvalue weighted by Crippen LogP contribution is -2.64. The monoisotopic (exact) mass is 229 g/mol. The van der Waals surface area contributed by atoms with E-state index in [1.807, 2.05) is 54.4 Å². The number of aromatic amines is 1. The van der Waals surface area contributed by atoms with Gasteiger partial charge < -0.3 is 0 Å². The summed E-state index contributed by atoms with van der Waals surface area (Å²) in [6.07, 6.45) is 12.8. The lowest BCUT2D eigenvalue weighted by molar-refractivity contribution is -0.605. The average Bonchev–Trinajstić information content (AvgIpc) is 3.02. The molecule has 17 heavy (non-hydrogen) atoms. The molecular formula is C10H14BN6+. The van der Waals surface area contributed by atoms with Crippen LogP contribution in [0.25, 0.3) is 0 Å². The third kappa shape index (κ3) is 2.84. The number of allylic oxidation sites excluding steroid dienone is 2. The Bertz CT molecular complexity index is 439. The van der Waals surface area contributed by atoms with Crippen LogP contribution in [-0.2, 0) is 0 Å². The maximum absolute atomic E-state index is 4.19. The van der Waals surface area contributed by atoms with Crippen LogP contribution in [0.5, 0.6) is 0 Å². The van der Waals surface area contributed by atoms with Crippen molar-refractivity contribution in [2.45, 2.75) is 6.92 Å². The first-order chi connectivity index (χ1) is 8.42. The van der Waals surface area contributed by atoms with Crippen molar-refractivity contribution in [2.75, 3.05) is 0 Å². The van der Waals surface area contributed by atoms with E-state index in [2.05, 4.69) is 20.6 Å². The maximum Gasteiger partial charge on any atom is 0.811 e. The molecule has 7 heteroatoms. The Morgan fingerprint density at radius 2 is 2.47 bits per heavy atom. The van der Waals surface area contributed by atoms with Gasteiger partial charge in [-0.15, -0.1) is 0 Å². The van der Waals surface area contributed by atoms with Gasteiger partial charge in [0.25, 0.3) is 0 Å². The van der Waals surface area contributed by atoms with Crippen LogP contribution in [0.1, 0.15) is 6.92 Å². The minimum absolute atomic E-state index is 0.207. The van der Waals surface area contributed by atoms with Crippen LogP contribution in [0.15, 0.2) is 54.2 Å². The Morgan fingerprint density at radius 3 is 3.12 bits per heavy atom. The molecule has 0 atom stereocenters. The number of H-pyrrole nitrogens is 1. The van der Waals surface area contributed by atoms with E-state index in [4.69, 9.17) is 0 Å². The fourth-order valence-corrected chi connectivity index (χ4v) is 1.37. The summed E-state index contributed by atoms with van der Waals surface area (Å²) in [5.74, 6) is 0. The molecule has 0 aliphatic heterocycles. The zero-order chi connectivity index (χ0) is 11.9. The van der Waals surface area contributed by atoms with Gasteiger partial charge in [0.1, 0.15) is 0 Å². The lowest BCUT2D eigenvalue weighted by Gasteiger charge is -2.01. The highest BCUT2D eigenvalue weighted by Gasteiger charge is 2.36. The standard InChI is InChI=1S/C10H13BN6/c1-2-3-6-12-15-11(16-9-4-7-13-16)17-10-5-8-14-17/h2-10,15H,1H3/p+1/b3-2-,12-6-. The Kier molecular flexibility index (Phi) is 3.74. The topological polar surface area (TPSA) is 61.9 Å². The van der Waals surface area contributed by atoms with E-state index in [9.17, 15) is 0 Å². The summed E-state index contributed by atoms with van der Waals surface area (Å²) in [6, 6.07) is 3.78. The second-order valence-corrected chi connectivity index (χ2v) is 3.34. The maximum atomic E-state index is 4.19. The normalized spacial score (nSPS) is 11.4. The highest BCUT2D eigenvalue weighted by atomic mass is 15.4. The molecule has 6 nitrogen and oxygen atoms in total. The molecule has 0 spiro atoms. The van der Waals surface area contributed by atoms with E-state index in [1.54, 1.807) is 17.0 Å². The molecule has 2 aromatic heterocycles. The molecule has 0 aliphatic carbocycles. The molecule has 2 aromatic rings. The smallest absolute Gasteiger partial charge is 0.259 e. The summed E-state index contributed by atoms with van der Waals surface area (Å²) in [4.78, 5) is 0. The Hall–Kier alpha value is -2.31. The van der Waals surface area contributed by atoms with Gasteiger partial charge >= 0.3 is 7.12 Å². The second kappa shape index (κ2) is 5.69. The Labute approximate surface area is 99.8 Å². The molecular weight excluding hydrogens is 215 g/mol. The lowest BCUT2D eigenvalue weighted by atomic mass is 9.97. The van der Waals surface area contributed by atoms with Crippen molar-refractivity contribution in [1.29, 1.82) is 0 Å². The zero-order valence-electron chi connectivity index (χ0n) is 9.56. The van der Waals surface area contributed by atoms with Gasteiger partial charge in [0.15, 0.2) is 6.20 Å². The number of hydrazone groups is 1. The van der Waals surface area contributed by atoms with E-state index >= 15 is 0 Å². The Balaban J connectivity index is 2.14. The van der Waals surface area contributed by atoms with E-state index in [0.29, 0.717) is 0 Å². The van der Waals surface area contributed by atoms with Gasteiger partial charge in [-0.25, -0.2) is 4.59 Å². The summed E-state index contributed by atoms with van der Waals surface area (Å²) < 4.78 is 3.63. The van der Waals surface area contributed by atoms with E-state index in [1.165, 1.54) is 0 Å². The van der Waals surface area contributed by atoms with Crippen molar-refractivity contribution < 1.29 is 4.59 Å². The Morgan fingerprint density at radius 1 is 1.53 bits per heavy atom. The molecule has 0 unspecified atom stereocenters. The van der Waals surface area contributed by atoms with Crippen LogP contribution in [-0.4, -0.2) is 28.1 Å². The van der Waals surface area contributed by atoms with Crippen LogP contribution in [0, 0.1) is 0 Å². The van der Waals surface area contributed by atoms with Crippen molar-refractivity contribution >= 4 is 13.3 Å². The van der Waals surface area contributed by atoms with Crippen LogP contribution in [0.4, 0.5) is 0 Å². The fraction of sp³-hybridized carbons (Fsp3) is 0.100. The molecule has 0 saturated carbocycles. The molecule has 0 radical (unpaired) electrons. The summed E-state index contributed by atoms with van der Waals surface area (Å²) in [5, 5.41) is 14.4. The van der Waals surface area contributed by atoms with Crippen LogP contribution in [0.2, 0.25) is 0 Å². The predicted octanol–water partition coefficient (Wildman–Crippen LogP) is 0.0315. The van der Waals surface area contributed by atoms with E-state index in [-0.39, 0.29) is 7.12 Å². The zero-order valence-corrected chi connectivity index (χ0v) is 9.56. The van der Waals surface area contributed by atoms with Gasteiger partial charge in [0.2, 0.25) is 0 Å². The van der Waals surface area contributed by atoms with Crippen molar-refractivity contribution in [3.8, 4) is 0 Å². The molecule has 2 N–H and O–H groups in total. The van der Waals surface area contributed by atoms with Crippen molar-refractivity contribution in [2.24, 2.45) is 5.10 Å². The minimum atomic E-state index is -0.207. The third-order valence-corrected chi connectivity index (χ3v) is 2.15. The molecule has 0 aliphatic rings. The molecule has 0 amide bonds. The average molecular weight is 229 g/mol. The third-order valence-electron chi connectivity index (χ3n) is 2.15. The number of rotatable bonds is 5. The van der Waals surface area contributed by atoms with Crippen molar-refractivity contribution in [3.63, 3.8) is 0 Å². The molecule has 2 rings (SSSR count).